The van der Waals surface area contributed by atoms with E-state index >= 15 is 0 Å². The molecule has 0 radical (unpaired) electrons. The maximum atomic E-state index is 11.3. The van der Waals surface area contributed by atoms with Gasteiger partial charge in [0.05, 0.1) is 22.5 Å². The van der Waals surface area contributed by atoms with Crippen LogP contribution in [0, 0.1) is 0 Å². The van der Waals surface area contributed by atoms with Crippen molar-refractivity contribution in [1.29, 1.82) is 0 Å². The van der Waals surface area contributed by atoms with Gasteiger partial charge in [-0.25, -0.2) is 0 Å². The number of phenolic OH excluding ortho intramolecular Hbond substituents is 1. The van der Waals surface area contributed by atoms with E-state index in [2.05, 4.69) is 45.7 Å². The number of rotatable bonds is 9. The first-order valence-electron chi connectivity index (χ1n) is 12.2. The zero-order valence-electron chi connectivity index (χ0n) is 21.5. The Balaban J connectivity index is 1.98. The normalized spacial score (nSPS) is 11.9. The van der Waals surface area contributed by atoms with Gasteiger partial charge in [-0.2, -0.15) is 0 Å². The summed E-state index contributed by atoms with van der Waals surface area (Å²) in [7, 11) is 1.63. The lowest BCUT2D eigenvalue weighted by molar-refractivity contribution is -0.136. The largest absolute Gasteiger partial charge is 0.508 e. The Morgan fingerprint density at radius 2 is 1.54 bits per heavy atom. The molecule has 0 fully saturated rings. The predicted octanol–water partition coefficient (Wildman–Crippen LogP) is 9.30. The highest BCUT2D eigenvalue weighted by Gasteiger charge is 2.27. The fourth-order valence-corrected chi connectivity index (χ4v) is 6.18. The van der Waals surface area contributed by atoms with E-state index in [1.165, 1.54) is 0 Å². The fraction of sp³-hybridized carbons (Fsp3) is 0.194. The number of benzene rings is 4. The van der Waals surface area contributed by atoms with Gasteiger partial charge in [0.2, 0.25) is 0 Å². The zero-order valence-corrected chi connectivity index (χ0v) is 25.5. The van der Waals surface area contributed by atoms with Gasteiger partial charge in [-0.05, 0) is 91.4 Å². The Morgan fingerprint density at radius 3 is 2.13 bits per heavy atom. The van der Waals surface area contributed by atoms with Crippen LogP contribution in [0.2, 0.25) is 5.02 Å². The number of aromatic hydroxyl groups is 1. The Bertz CT molecular complexity index is 1480. The van der Waals surface area contributed by atoms with Crippen molar-refractivity contribution in [3.63, 3.8) is 0 Å². The molecule has 4 rings (SSSR count). The summed E-state index contributed by atoms with van der Waals surface area (Å²) in [4.78, 5) is 11.3. The number of hydrogen-bond donors (Lipinski definition) is 2. The first-order valence-corrected chi connectivity index (χ1v) is 14.2. The molecule has 202 valence electrons. The van der Waals surface area contributed by atoms with E-state index in [9.17, 15) is 15.0 Å². The van der Waals surface area contributed by atoms with Gasteiger partial charge < -0.3 is 19.7 Å². The van der Waals surface area contributed by atoms with Gasteiger partial charge in [0.25, 0.3) is 0 Å². The van der Waals surface area contributed by atoms with Crippen LogP contribution in [0.3, 0.4) is 0 Å². The van der Waals surface area contributed by atoms with Gasteiger partial charge in [0.15, 0.2) is 5.75 Å². The maximum Gasteiger partial charge on any atom is 0.307 e. The number of halogens is 3. The number of carbonyl (C=O) groups is 1. The topological polar surface area (TPSA) is 76.0 Å². The molecule has 0 bridgehead atoms. The summed E-state index contributed by atoms with van der Waals surface area (Å²) in [6, 6.07) is 22.2. The van der Waals surface area contributed by atoms with Gasteiger partial charge in [-0.3, -0.25) is 4.79 Å². The molecule has 0 amide bonds. The van der Waals surface area contributed by atoms with Crippen LogP contribution in [0.4, 0.5) is 0 Å². The van der Waals surface area contributed by atoms with Gasteiger partial charge >= 0.3 is 5.97 Å². The van der Waals surface area contributed by atoms with Crippen molar-refractivity contribution in [1.82, 2.24) is 0 Å². The number of ether oxygens (including phenoxy) is 2. The summed E-state index contributed by atoms with van der Waals surface area (Å²) in [6.07, 6.45) is -0.118. The second-order valence-corrected chi connectivity index (χ2v) is 11.5. The van der Waals surface area contributed by atoms with E-state index in [0.717, 1.165) is 16.7 Å². The van der Waals surface area contributed by atoms with Crippen LogP contribution in [-0.4, -0.2) is 23.3 Å². The summed E-state index contributed by atoms with van der Waals surface area (Å²) >= 11 is 13.5. The van der Waals surface area contributed by atoms with Gasteiger partial charge in [0.1, 0.15) is 17.2 Å². The Hall–Kier alpha value is -3.00. The number of carboxylic acid groups (broad SMARTS) is 1. The molecule has 2 N–H and O–H groups in total. The zero-order chi connectivity index (χ0) is 28.3. The highest BCUT2D eigenvalue weighted by molar-refractivity contribution is 9.11. The number of carboxylic acids is 1. The highest BCUT2D eigenvalue weighted by atomic mass is 79.9. The molecule has 0 saturated heterocycles. The third-order valence-electron chi connectivity index (χ3n) is 6.35. The fourth-order valence-electron chi connectivity index (χ4n) is 4.56. The molecular weight excluding hydrogens is 648 g/mol. The van der Waals surface area contributed by atoms with Crippen molar-refractivity contribution in [3.05, 3.63) is 115 Å². The molecule has 4 aromatic rings. The lowest BCUT2D eigenvalue weighted by Crippen LogP contribution is -2.08. The molecule has 8 heteroatoms. The molecule has 0 spiro atoms. The van der Waals surface area contributed by atoms with Gasteiger partial charge in [-0.15, -0.1) is 0 Å². The van der Waals surface area contributed by atoms with Gasteiger partial charge in [0, 0.05) is 27.6 Å². The summed E-state index contributed by atoms with van der Waals surface area (Å²) < 4.78 is 13.6. The molecule has 0 aliphatic carbocycles. The average Bonchev–Trinajstić information content (AvgIpc) is 2.88. The molecular formula is C31H27Br2ClO5. The summed E-state index contributed by atoms with van der Waals surface area (Å²) in [6.45, 7) is 4.15. The molecule has 0 aliphatic rings. The van der Waals surface area contributed by atoms with Crippen molar-refractivity contribution in [2.75, 3.05) is 7.11 Å². The minimum atomic E-state index is -0.923. The first-order chi connectivity index (χ1) is 18.6. The lowest BCUT2D eigenvalue weighted by atomic mass is 9.83. The summed E-state index contributed by atoms with van der Waals surface area (Å²) in [5, 5.41) is 20.7. The van der Waals surface area contributed by atoms with Crippen molar-refractivity contribution in [2.24, 2.45) is 0 Å². The van der Waals surface area contributed by atoms with Crippen LogP contribution >= 0.6 is 43.5 Å². The molecule has 0 aromatic heterocycles. The quantitative estimate of drug-likeness (QED) is 0.173. The van der Waals surface area contributed by atoms with Crippen LogP contribution in [0.15, 0.2) is 81.7 Å². The lowest BCUT2D eigenvalue weighted by Gasteiger charge is -2.26. The number of hydrogen-bond acceptors (Lipinski definition) is 4. The highest BCUT2D eigenvalue weighted by Crippen LogP contribution is 2.48. The molecule has 39 heavy (non-hydrogen) atoms. The minimum absolute atomic E-state index is 0.103. The molecule has 0 saturated carbocycles. The number of aliphatic carboxylic acids is 1. The van der Waals surface area contributed by atoms with Crippen molar-refractivity contribution in [3.8, 4) is 23.0 Å². The second kappa shape index (κ2) is 12.5. The third kappa shape index (κ3) is 6.60. The maximum absolute atomic E-state index is 11.3. The number of phenols is 1. The van der Waals surface area contributed by atoms with Crippen LogP contribution in [0.5, 0.6) is 23.0 Å². The van der Waals surface area contributed by atoms with Crippen LogP contribution in [-0.2, 0) is 11.2 Å². The van der Waals surface area contributed by atoms with E-state index in [0.29, 0.717) is 42.3 Å². The second-order valence-electron chi connectivity index (χ2n) is 9.39. The van der Waals surface area contributed by atoms with E-state index in [4.69, 9.17) is 21.1 Å². The Kier molecular flexibility index (Phi) is 9.26. The molecule has 5 nitrogen and oxygen atoms in total. The van der Waals surface area contributed by atoms with Crippen molar-refractivity contribution >= 4 is 49.4 Å². The summed E-state index contributed by atoms with van der Waals surface area (Å²) in [5.74, 6) is 0.618. The smallest absolute Gasteiger partial charge is 0.307 e. The SMILES string of the molecule is COc1cc(C(c2ccccc2)c2cc(Cl)ccc2O)c(Oc2c(Br)cc(CC(=O)O)cc2Br)cc1C(C)C. The minimum Gasteiger partial charge on any atom is -0.508 e. The average molecular weight is 675 g/mol. The van der Waals surface area contributed by atoms with E-state index < -0.39 is 11.9 Å². The molecule has 1 unspecified atom stereocenters. The van der Waals surface area contributed by atoms with Crippen LogP contribution in [0.25, 0.3) is 0 Å². The van der Waals surface area contributed by atoms with Gasteiger partial charge in [-0.1, -0.05) is 55.8 Å². The molecule has 0 aliphatic heterocycles. The third-order valence-corrected chi connectivity index (χ3v) is 7.77. The van der Waals surface area contributed by atoms with E-state index in [1.807, 2.05) is 42.5 Å². The monoisotopic (exact) mass is 672 g/mol. The summed E-state index contributed by atoms with van der Waals surface area (Å²) in [5.41, 5.74) is 3.88. The Labute approximate surface area is 249 Å². The standard InChI is InChI=1S/C31H27Br2ClO5/c1-17(2)21-15-28(39-31-24(32)11-18(12-25(31)33)13-29(36)37)23(16-27(21)38-3)30(19-7-5-4-6-8-19)22-14-20(34)9-10-26(22)35/h4-12,14-17,30,35H,13H2,1-3H3,(H,36,37). The van der Waals surface area contributed by atoms with Crippen LogP contribution in [0.1, 0.15) is 53.5 Å². The van der Waals surface area contributed by atoms with E-state index in [1.54, 1.807) is 37.4 Å². The first kappa shape index (κ1) is 29.0. The number of methoxy groups -OCH3 is 1. The van der Waals surface area contributed by atoms with Crippen molar-refractivity contribution in [2.45, 2.75) is 32.1 Å². The van der Waals surface area contributed by atoms with Crippen molar-refractivity contribution < 1.29 is 24.5 Å². The molecule has 1 atom stereocenters. The van der Waals surface area contributed by atoms with E-state index in [-0.39, 0.29) is 18.1 Å². The predicted molar refractivity (Wildman–Crippen MR) is 161 cm³/mol. The molecule has 0 heterocycles. The molecule has 4 aromatic carbocycles. The van der Waals surface area contributed by atoms with Crippen LogP contribution < -0.4 is 9.47 Å². The Morgan fingerprint density at radius 1 is 0.897 bits per heavy atom.